The molecular weight excluding hydrogens is 264 g/mol. The summed E-state index contributed by atoms with van der Waals surface area (Å²) in [6, 6.07) is 0. The van der Waals surface area contributed by atoms with Crippen molar-refractivity contribution in [2.45, 2.75) is 90.4 Å². The largest absolute Gasteiger partial charge is 0.356 e. The van der Waals surface area contributed by atoms with Crippen molar-refractivity contribution in [3.05, 3.63) is 0 Å². The first-order chi connectivity index (χ1) is 10.3. The number of hydroxylamine groups is 1. The van der Waals surface area contributed by atoms with Gasteiger partial charge in [-0.05, 0) is 12.8 Å². The first-order valence-electron chi connectivity index (χ1n) is 8.95. The summed E-state index contributed by atoms with van der Waals surface area (Å²) in [5.74, 6) is 0.142. The molecule has 0 fully saturated rings. The van der Waals surface area contributed by atoms with Gasteiger partial charge >= 0.3 is 0 Å². The molecule has 3 N–H and O–H groups in total. The first kappa shape index (κ1) is 20.4. The van der Waals surface area contributed by atoms with Gasteiger partial charge < -0.3 is 10.5 Å². The van der Waals surface area contributed by atoms with Gasteiger partial charge in [-0.2, -0.15) is 0 Å². The average molecular weight is 300 g/mol. The lowest BCUT2D eigenvalue weighted by atomic mass is 10.1. The number of hydrogen-bond acceptors (Lipinski definition) is 3. The number of hydrogen-bond donors (Lipinski definition) is 3. The Kier molecular flexibility index (Phi) is 16.9. The van der Waals surface area contributed by atoms with Crippen LogP contribution in [0.3, 0.4) is 0 Å². The molecule has 0 aliphatic rings. The molecule has 21 heavy (non-hydrogen) atoms. The maximum absolute atomic E-state index is 11.5. The standard InChI is InChI=1S/C17H36N2O2/c1-2-3-4-5-6-7-8-9-10-11-12-14-17(20)18-15-13-16-19-21/h19,21H,2-16H2,1H3,(H,18,20). The SMILES string of the molecule is CCCCCCCCCCCCCC(=O)NCCCNO. The Hall–Kier alpha value is -0.610. The molecule has 126 valence electrons. The molecule has 0 bridgehead atoms. The number of amides is 1. The molecule has 0 spiro atoms. The van der Waals surface area contributed by atoms with Crippen LogP contribution in [0.25, 0.3) is 0 Å². The van der Waals surface area contributed by atoms with Gasteiger partial charge in [-0.25, -0.2) is 5.48 Å². The summed E-state index contributed by atoms with van der Waals surface area (Å²) in [4.78, 5) is 11.5. The smallest absolute Gasteiger partial charge is 0.219 e. The van der Waals surface area contributed by atoms with Gasteiger partial charge in [0.05, 0.1) is 0 Å². The number of carbonyl (C=O) groups is 1. The second-order valence-corrected chi connectivity index (χ2v) is 5.90. The zero-order valence-electron chi connectivity index (χ0n) is 14.0. The fourth-order valence-electron chi connectivity index (χ4n) is 2.43. The average Bonchev–Trinajstić information content (AvgIpc) is 2.49. The van der Waals surface area contributed by atoms with E-state index in [4.69, 9.17) is 5.21 Å². The third kappa shape index (κ3) is 17.3. The summed E-state index contributed by atoms with van der Waals surface area (Å²) in [6.45, 7) is 3.43. The first-order valence-corrected chi connectivity index (χ1v) is 8.95. The van der Waals surface area contributed by atoms with Crippen LogP contribution in [-0.4, -0.2) is 24.2 Å². The van der Waals surface area contributed by atoms with E-state index in [1.807, 2.05) is 0 Å². The highest BCUT2D eigenvalue weighted by Gasteiger charge is 2.00. The molecule has 0 aliphatic carbocycles. The third-order valence-electron chi connectivity index (χ3n) is 3.79. The quantitative estimate of drug-likeness (QED) is 0.296. The molecular formula is C17H36N2O2. The summed E-state index contributed by atoms with van der Waals surface area (Å²) >= 11 is 0. The molecule has 0 aromatic heterocycles. The van der Waals surface area contributed by atoms with Crippen molar-refractivity contribution in [2.75, 3.05) is 13.1 Å². The van der Waals surface area contributed by atoms with Gasteiger partial charge in [0.2, 0.25) is 5.91 Å². The van der Waals surface area contributed by atoms with Crippen LogP contribution in [0.2, 0.25) is 0 Å². The van der Waals surface area contributed by atoms with E-state index >= 15 is 0 Å². The van der Waals surface area contributed by atoms with Crippen molar-refractivity contribution >= 4 is 5.91 Å². The summed E-state index contributed by atoms with van der Waals surface area (Å²) in [5.41, 5.74) is 2.08. The Labute approximate surface area is 131 Å². The number of nitrogens with one attached hydrogen (secondary N) is 2. The molecule has 4 heteroatoms. The van der Waals surface area contributed by atoms with E-state index in [0.29, 0.717) is 19.5 Å². The van der Waals surface area contributed by atoms with Gasteiger partial charge in [-0.15, -0.1) is 0 Å². The van der Waals surface area contributed by atoms with Gasteiger partial charge in [0, 0.05) is 19.5 Å². The van der Waals surface area contributed by atoms with Crippen molar-refractivity contribution in [2.24, 2.45) is 0 Å². The van der Waals surface area contributed by atoms with E-state index < -0.39 is 0 Å². The highest BCUT2D eigenvalue weighted by Crippen LogP contribution is 2.11. The Balaban J connectivity index is 3.09. The van der Waals surface area contributed by atoms with Crippen LogP contribution in [0.5, 0.6) is 0 Å². The number of unbranched alkanes of at least 4 members (excludes halogenated alkanes) is 10. The fourth-order valence-corrected chi connectivity index (χ4v) is 2.43. The van der Waals surface area contributed by atoms with E-state index in [2.05, 4.69) is 17.7 Å². The van der Waals surface area contributed by atoms with E-state index in [1.54, 1.807) is 0 Å². The van der Waals surface area contributed by atoms with E-state index in [-0.39, 0.29) is 5.91 Å². The number of carbonyl (C=O) groups excluding carboxylic acids is 1. The lowest BCUT2D eigenvalue weighted by molar-refractivity contribution is -0.121. The van der Waals surface area contributed by atoms with E-state index in [9.17, 15) is 4.79 Å². The fraction of sp³-hybridized carbons (Fsp3) is 0.941. The molecule has 0 rings (SSSR count). The molecule has 0 atom stereocenters. The summed E-state index contributed by atoms with van der Waals surface area (Å²) in [7, 11) is 0. The maximum Gasteiger partial charge on any atom is 0.219 e. The van der Waals surface area contributed by atoms with Crippen molar-refractivity contribution in [3.63, 3.8) is 0 Å². The Morgan fingerprint density at radius 3 is 1.81 bits per heavy atom. The molecule has 0 aliphatic heterocycles. The van der Waals surface area contributed by atoms with Crippen molar-refractivity contribution in [3.8, 4) is 0 Å². The van der Waals surface area contributed by atoms with Crippen LogP contribution < -0.4 is 10.8 Å². The predicted octanol–water partition coefficient (Wildman–Crippen LogP) is 4.17. The van der Waals surface area contributed by atoms with Crippen LogP contribution in [0, 0.1) is 0 Å². The van der Waals surface area contributed by atoms with Gasteiger partial charge in [-0.3, -0.25) is 4.79 Å². The minimum Gasteiger partial charge on any atom is -0.356 e. The molecule has 0 saturated heterocycles. The molecule has 4 nitrogen and oxygen atoms in total. The Bertz CT molecular complexity index is 223. The second-order valence-electron chi connectivity index (χ2n) is 5.90. The van der Waals surface area contributed by atoms with Crippen LogP contribution >= 0.6 is 0 Å². The molecule has 0 aromatic rings. The number of rotatable bonds is 16. The van der Waals surface area contributed by atoms with Gasteiger partial charge in [-0.1, -0.05) is 71.1 Å². The van der Waals surface area contributed by atoms with Crippen LogP contribution in [-0.2, 0) is 4.79 Å². The van der Waals surface area contributed by atoms with E-state index in [1.165, 1.54) is 64.2 Å². The van der Waals surface area contributed by atoms with E-state index in [0.717, 1.165) is 12.8 Å². The maximum atomic E-state index is 11.5. The summed E-state index contributed by atoms with van der Waals surface area (Å²) in [5, 5.41) is 11.2. The second kappa shape index (κ2) is 17.4. The normalized spacial score (nSPS) is 10.8. The topological polar surface area (TPSA) is 61.4 Å². The van der Waals surface area contributed by atoms with Gasteiger partial charge in [0.1, 0.15) is 0 Å². The molecule has 0 radical (unpaired) electrons. The van der Waals surface area contributed by atoms with Crippen LogP contribution in [0.1, 0.15) is 90.4 Å². The Morgan fingerprint density at radius 2 is 1.29 bits per heavy atom. The van der Waals surface area contributed by atoms with Crippen molar-refractivity contribution in [1.29, 1.82) is 0 Å². The highest BCUT2D eigenvalue weighted by atomic mass is 16.5. The molecule has 0 unspecified atom stereocenters. The lowest BCUT2D eigenvalue weighted by Crippen LogP contribution is -2.26. The molecule has 0 aromatic carbocycles. The third-order valence-corrected chi connectivity index (χ3v) is 3.79. The van der Waals surface area contributed by atoms with Gasteiger partial charge in [0.15, 0.2) is 0 Å². The lowest BCUT2D eigenvalue weighted by Gasteiger charge is -2.05. The predicted molar refractivity (Wildman–Crippen MR) is 88.5 cm³/mol. The van der Waals surface area contributed by atoms with Crippen LogP contribution in [0.15, 0.2) is 0 Å². The summed E-state index contributed by atoms with van der Waals surface area (Å²) in [6.07, 6.45) is 15.8. The van der Waals surface area contributed by atoms with Crippen molar-refractivity contribution < 1.29 is 10.0 Å². The minimum absolute atomic E-state index is 0.142. The molecule has 0 heterocycles. The monoisotopic (exact) mass is 300 g/mol. The highest BCUT2D eigenvalue weighted by molar-refractivity contribution is 5.75. The minimum atomic E-state index is 0.142. The van der Waals surface area contributed by atoms with Gasteiger partial charge in [0.25, 0.3) is 0 Å². The van der Waals surface area contributed by atoms with Crippen LogP contribution in [0.4, 0.5) is 0 Å². The molecule has 1 amide bonds. The summed E-state index contributed by atoms with van der Waals surface area (Å²) < 4.78 is 0. The Morgan fingerprint density at radius 1 is 0.762 bits per heavy atom. The van der Waals surface area contributed by atoms with Crippen molar-refractivity contribution in [1.82, 2.24) is 10.8 Å². The zero-order chi connectivity index (χ0) is 15.6. The molecule has 0 saturated carbocycles. The zero-order valence-corrected chi connectivity index (χ0v) is 14.0.